The van der Waals surface area contributed by atoms with E-state index in [1.165, 1.54) is 47.4 Å². The molecule has 0 fully saturated rings. The average molecular weight is 389 g/mol. The number of hydrogen-bond donors (Lipinski definition) is 2. The van der Waals surface area contributed by atoms with E-state index in [9.17, 15) is 19.7 Å². The lowest BCUT2D eigenvalue weighted by molar-refractivity contribution is -0.384. The summed E-state index contributed by atoms with van der Waals surface area (Å²) >= 11 is 1.44. The maximum Gasteiger partial charge on any atom is 0.279 e. The zero-order valence-corrected chi connectivity index (χ0v) is 15.6. The van der Waals surface area contributed by atoms with Gasteiger partial charge in [0.15, 0.2) is 0 Å². The molecule has 1 aliphatic rings. The second-order valence-corrected chi connectivity index (χ2v) is 7.31. The van der Waals surface area contributed by atoms with Crippen molar-refractivity contribution in [1.82, 2.24) is 10.9 Å². The second-order valence-electron chi connectivity index (χ2n) is 6.17. The fourth-order valence-electron chi connectivity index (χ4n) is 3.01. The van der Waals surface area contributed by atoms with E-state index in [1.807, 2.05) is 6.07 Å². The minimum Gasteiger partial charge on any atom is -0.496 e. The van der Waals surface area contributed by atoms with E-state index in [1.54, 1.807) is 0 Å². The number of hydrogen-bond acceptors (Lipinski definition) is 6. The Labute approximate surface area is 159 Å². The highest BCUT2D eigenvalue weighted by molar-refractivity contribution is 7.14. The van der Waals surface area contributed by atoms with Crippen LogP contribution in [0.2, 0.25) is 0 Å². The van der Waals surface area contributed by atoms with Crippen molar-refractivity contribution < 1.29 is 19.2 Å². The maximum atomic E-state index is 12.4. The van der Waals surface area contributed by atoms with Gasteiger partial charge in [0, 0.05) is 17.0 Å². The van der Waals surface area contributed by atoms with Gasteiger partial charge in [-0.25, -0.2) is 0 Å². The van der Waals surface area contributed by atoms with Crippen molar-refractivity contribution in [3.05, 3.63) is 55.3 Å². The minimum atomic E-state index is -0.693. The number of benzene rings is 1. The molecule has 0 atom stereocenters. The van der Waals surface area contributed by atoms with Crippen LogP contribution < -0.4 is 15.6 Å². The highest BCUT2D eigenvalue weighted by Gasteiger charge is 2.20. The van der Waals surface area contributed by atoms with Crippen LogP contribution in [-0.2, 0) is 12.8 Å². The Balaban J connectivity index is 1.69. The van der Waals surface area contributed by atoms with Gasteiger partial charge < -0.3 is 4.74 Å². The lowest BCUT2D eigenvalue weighted by atomic mass is 10.1. The van der Waals surface area contributed by atoms with Crippen molar-refractivity contribution in [2.75, 3.05) is 7.11 Å². The highest BCUT2D eigenvalue weighted by Crippen LogP contribution is 2.29. The molecule has 3 rings (SSSR count). The Morgan fingerprint density at radius 1 is 1.11 bits per heavy atom. The molecule has 0 spiro atoms. The number of carbonyl (C=O) groups excluding carboxylic acids is 2. The Morgan fingerprint density at radius 3 is 2.59 bits per heavy atom. The van der Waals surface area contributed by atoms with E-state index in [-0.39, 0.29) is 17.0 Å². The van der Waals surface area contributed by atoms with Crippen LogP contribution in [0.1, 0.15) is 49.7 Å². The van der Waals surface area contributed by atoms with Crippen LogP contribution in [0.3, 0.4) is 0 Å². The zero-order valence-electron chi connectivity index (χ0n) is 14.7. The fourth-order valence-corrected chi connectivity index (χ4v) is 4.16. The molecule has 2 N–H and O–H groups in total. The molecule has 1 aromatic heterocycles. The van der Waals surface area contributed by atoms with Gasteiger partial charge in [0.1, 0.15) is 5.75 Å². The molecule has 0 radical (unpaired) electrons. The summed E-state index contributed by atoms with van der Waals surface area (Å²) in [6.45, 7) is 0. The van der Waals surface area contributed by atoms with Gasteiger partial charge in [-0.15, -0.1) is 11.3 Å². The molecule has 0 bridgehead atoms. The Bertz CT molecular complexity index is 870. The number of fused-ring (bicyclic) bond motifs is 1. The summed E-state index contributed by atoms with van der Waals surface area (Å²) in [4.78, 5) is 36.8. The zero-order chi connectivity index (χ0) is 19.4. The molecule has 1 aromatic carbocycles. The first kappa shape index (κ1) is 18.8. The number of aryl methyl sites for hydroxylation is 2. The summed E-state index contributed by atoms with van der Waals surface area (Å²) in [6, 6.07) is 5.56. The number of nitro groups is 1. The van der Waals surface area contributed by atoms with Crippen molar-refractivity contribution in [2.24, 2.45) is 0 Å². The molecule has 142 valence electrons. The van der Waals surface area contributed by atoms with Crippen molar-refractivity contribution >= 4 is 28.8 Å². The highest BCUT2D eigenvalue weighted by atomic mass is 32.1. The van der Waals surface area contributed by atoms with Crippen LogP contribution in [0.15, 0.2) is 24.3 Å². The van der Waals surface area contributed by atoms with E-state index in [0.29, 0.717) is 4.88 Å². The van der Waals surface area contributed by atoms with Gasteiger partial charge in [0.05, 0.1) is 22.5 Å². The van der Waals surface area contributed by atoms with Gasteiger partial charge >= 0.3 is 0 Å². The molecule has 0 aliphatic heterocycles. The first-order valence-electron chi connectivity index (χ1n) is 8.54. The molecule has 2 amide bonds. The lowest BCUT2D eigenvalue weighted by Gasteiger charge is -2.09. The Hall–Kier alpha value is -2.94. The van der Waals surface area contributed by atoms with Crippen LogP contribution in [0.5, 0.6) is 5.75 Å². The van der Waals surface area contributed by atoms with E-state index >= 15 is 0 Å². The Kier molecular flexibility index (Phi) is 5.70. The van der Waals surface area contributed by atoms with Crippen molar-refractivity contribution in [3.63, 3.8) is 0 Å². The van der Waals surface area contributed by atoms with Gasteiger partial charge in [-0.05, 0) is 43.4 Å². The first-order chi connectivity index (χ1) is 13.0. The predicted octanol–water partition coefficient (Wildman–Crippen LogP) is 3.01. The molecule has 27 heavy (non-hydrogen) atoms. The van der Waals surface area contributed by atoms with Crippen molar-refractivity contribution in [1.29, 1.82) is 0 Å². The number of nitro benzene ring substituents is 1. The third-order valence-electron chi connectivity index (χ3n) is 4.40. The normalized spacial score (nSPS) is 13.2. The number of nitrogens with zero attached hydrogens (tertiary/aromatic N) is 1. The molecule has 2 aromatic rings. The van der Waals surface area contributed by atoms with Crippen molar-refractivity contribution in [2.45, 2.75) is 32.1 Å². The summed E-state index contributed by atoms with van der Waals surface area (Å²) in [6.07, 6.45) is 5.39. The molecule has 1 aliphatic carbocycles. The maximum absolute atomic E-state index is 12.4. The monoisotopic (exact) mass is 389 g/mol. The quantitative estimate of drug-likeness (QED) is 0.474. The topological polar surface area (TPSA) is 111 Å². The number of methoxy groups -OCH3 is 1. The number of thiophene rings is 1. The van der Waals surface area contributed by atoms with Crippen LogP contribution in [0, 0.1) is 10.1 Å². The number of hydrazine groups is 1. The average Bonchev–Trinajstić information content (AvgIpc) is 2.95. The Morgan fingerprint density at radius 2 is 1.85 bits per heavy atom. The third kappa shape index (κ3) is 4.25. The van der Waals surface area contributed by atoms with E-state index < -0.39 is 16.7 Å². The third-order valence-corrected chi connectivity index (χ3v) is 5.63. The number of non-ortho nitro benzene ring substituents is 1. The molecular formula is C18H19N3O5S. The van der Waals surface area contributed by atoms with Gasteiger partial charge in [-0.1, -0.05) is 6.42 Å². The van der Waals surface area contributed by atoms with E-state index in [4.69, 9.17) is 4.74 Å². The van der Waals surface area contributed by atoms with Gasteiger partial charge in [0.25, 0.3) is 17.5 Å². The van der Waals surface area contributed by atoms with E-state index in [0.717, 1.165) is 31.7 Å². The molecule has 8 nitrogen and oxygen atoms in total. The summed E-state index contributed by atoms with van der Waals surface area (Å²) < 4.78 is 5.07. The fraction of sp³-hybridized carbons (Fsp3) is 0.333. The summed E-state index contributed by atoms with van der Waals surface area (Å²) in [5, 5.41) is 10.9. The SMILES string of the molecule is COc1ccc([N+](=O)[O-])cc1C(=O)NNC(=O)c1cc2c(s1)CCCCC2. The standard InChI is InChI=1S/C18H19N3O5S/c1-26-14-8-7-12(21(24)25)10-13(14)17(22)19-20-18(23)16-9-11-5-3-2-4-6-15(11)27-16/h7-10H,2-6H2,1H3,(H,19,22)(H,20,23). The number of amides is 2. The minimum absolute atomic E-state index is 0.0334. The van der Waals surface area contributed by atoms with Gasteiger partial charge in [0.2, 0.25) is 0 Å². The molecule has 0 saturated heterocycles. The molecule has 0 saturated carbocycles. The molecular weight excluding hydrogens is 370 g/mol. The van der Waals surface area contributed by atoms with Crippen LogP contribution in [-0.4, -0.2) is 23.8 Å². The van der Waals surface area contributed by atoms with Crippen LogP contribution in [0.4, 0.5) is 5.69 Å². The molecule has 9 heteroatoms. The molecule has 0 unspecified atom stereocenters. The first-order valence-corrected chi connectivity index (χ1v) is 9.36. The smallest absolute Gasteiger partial charge is 0.279 e. The van der Waals surface area contributed by atoms with Gasteiger partial charge in [-0.3, -0.25) is 30.6 Å². The lowest BCUT2D eigenvalue weighted by Crippen LogP contribution is -2.41. The molecule has 1 heterocycles. The number of nitrogens with one attached hydrogen (secondary N) is 2. The summed E-state index contributed by atoms with van der Waals surface area (Å²) in [7, 11) is 1.36. The number of ether oxygens (including phenoxy) is 1. The second kappa shape index (κ2) is 8.17. The van der Waals surface area contributed by atoms with Crippen LogP contribution >= 0.6 is 11.3 Å². The van der Waals surface area contributed by atoms with E-state index in [2.05, 4.69) is 10.9 Å². The summed E-state index contributed by atoms with van der Waals surface area (Å²) in [5.74, 6) is -0.928. The van der Waals surface area contributed by atoms with Crippen LogP contribution in [0.25, 0.3) is 0 Å². The number of rotatable bonds is 4. The van der Waals surface area contributed by atoms with Crippen molar-refractivity contribution in [3.8, 4) is 5.75 Å². The number of carbonyl (C=O) groups is 2. The summed E-state index contributed by atoms with van der Waals surface area (Å²) in [5.41, 5.74) is 5.59. The van der Waals surface area contributed by atoms with Gasteiger partial charge in [-0.2, -0.15) is 0 Å². The predicted molar refractivity (Wildman–Crippen MR) is 100 cm³/mol. The largest absolute Gasteiger partial charge is 0.496 e.